The van der Waals surface area contributed by atoms with Crippen molar-refractivity contribution < 1.29 is 28.9 Å². The first-order chi connectivity index (χ1) is 12.0. The van der Waals surface area contributed by atoms with E-state index in [4.69, 9.17) is 19.3 Å². The molecule has 3 rings (SSSR count). The maximum atomic E-state index is 10.9. The highest BCUT2D eigenvalue weighted by Gasteiger charge is 2.29. The summed E-state index contributed by atoms with van der Waals surface area (Å²) in [6.45, 7) is 10.5. The number of carbonyl (C=O) groups excluding carboxylic acids is 2. The Balaban J connectivity index is 0.000000198. The highest BCUT2D eigenvalue weighted by molar-refractivity contribution is 5.70. The number of likely N-dealkylation sites (N-methyl/N-ethyl adjacent to an activating group) is 2. The van der Waals surface area contributed by atoms with E-state index < -0.39 is 0 Å². The van der Waals surface area contributed by atoms with E-state index in [0.29, 0.717) is 13.1 Å². The third-order valence-corrected chi connectivity index (χ3v) is 4.15. The minimum Gasteiger partial charge on any atom is -0.444 e. The molecular formula is C17H32N2O6. The zero-order valence-electron chi connectivity index (χ0n) is 15.6. The van der Waals surface area contributed by atoms with Crippen molar-refractivity contribution in [2.75, 3.05) is 46.0 Å². The lowest BCUT2D eigenvalue weighted by Gasteiger charge is -2.06. The van der Waals surface area contributed by atoms with Crippen molar-refractivity contribution in [1.29, 1.82) is 0 Å². The summed E-state index contributed by atoms with van der Waals surface area (Å²) in [7, 11) is 0. The van der Waals surface area contributed by atoms with E-state index in [0.717, 1.165) is 32.7 Å². The minimum absolute atomic E-state index is 0.0811. The molecule has 3 saturated heterocycles. The summed E-state index contributed by atoms with van der Waals surface area (Å²) >= 11 is 0. The molecule has 3 aliphatic heterocycles. The molecule has 146 valence electrons. The summed E-state index contributed by atoms with van der Waals surface area (Å²) in [5, 5.41) is 8.59. The van der Waals surface area contributed by atoms with Gasteiger partial charge in [-0.1, -0.05) is 6.92 Å². The molecule has 8 heteroatoms. The van der Waals surface area contributed by atoms with Gasteiger partial charge in [-0.25, -0.2) is 9.59 Å². The van der Waals surface area contributed by atoms with E-state index in [1.165, 1.54) is 12.8 Å². The van der Waals surface area contributed by atoms with E-state index in [1.54, 1.807) is 9.80 Å². The van der Waals surface area contributed by atoms with Crippen LogP contribution in [-0.2, 0) is 14.2 Å². The lowest BCUT2D eigenvalue weighted by atomic mass is 10.3. The predicted molar refractivity (Wildman–Crippen MR) is 92.5 cm³/mol. The van der Waals surface area contributed by atoms with E-state index in [-0.39, 0.29) is 31.0 Å². The van der Waals surface area contributed by atoms with E-state index >= 15 is 0 Å². The number of nitrogens with zero attached hydrogens (tertiary/aromatic N) is 2. The van der Waals surface area contributed by atoms with Gasteiger partial charge in [0.15, 0.2) is 0 Å². The topological polar surface area (TPSA) is 88.5 Å². The number of carbonyl (C=O) groups is 2. The Hall–Kier alpha value is -1.54. The Bertz CT molecular complexity index is 363. The lowest BCUT2D eigenvalue weighted by molar-refractivity contribution is 0.0948. The second kappa shape index (κ2) is 11.9. The number of rotatable bonds is 4. The van der Waals surface area contributed by atoms with Crippen molar-refractivity contribution in [3.8, 4) is 0 Å². The Labute approximate surface area is 150 Å². The van der Waals surface area contributed by atoms with Gasteiger partial charge in [-0.3, -0.25) is 0 Å². The van der Waals surface area contributed by atoms with Crippen LogP contribution in [0.3, 0.4) is 0 Å². The molecular weight excluding hydrogens is 328 g/mol. The molecule has 3 heterocycles. The standard InChI is InChI=1S/C7H13NO2.C6H11NO3.C4H8O/c1-3-6-5-8(4-2)7(9)10-6;1-2-7-3-5(4-8)10-6(7)9;1-2-4-5-3-1/h6H,3-5H2,1-2H3;5,8H,2-4H2,1H3;1-4H2/t6-;5-;/m10./s1. The third-order valence-electron chi connectivity index (χ3n) is 4.15. The quantitative estimate of drug-likeness (QED) is 0.823. The fourth-order valence-electron chi connectivity index (χ4n) is 2.48. The molecule has 0 aliphatic carbocycles. The Morgan fingerprint density at radius 3 is 1.64 bits per heavy atom. The van der Waals surface area contributed by atoms with Gasteiger partial charge in [0, 0.05) is 26.3 Å². The number of aliphatic hydroxyl groups excluding tert-OH is 1. The normalized spacial score (nSPS) is 25.0. The molecule has 8 nitrogen and oxygen atoms in total. The summed E-state index contributed by atoms with van der Waals surface area (Å²) in [6, 6.07) is 0. The van der Waals surface area contributed by atoms with Gasteiger partial charge in [0.1, 0.15) is 12.2 Å². The van der Waals surface area contributed by atoms with Gasteiger partial charge in [-0.05, 0) is 33.1 Å². The van der Waals surface area contributed by atoms with E-state index in [9.17, 15) is 9.59 Å². The molecule has 25 heavy (non-hydrogen) atoms. The van der Waals surface area contributed by atoms with Crippen LogP contribution in [0.15, 0.2) is 0 Å². The van der Waals surface area contributed by atoms with Gasteiger partial charge >= 0.3 is 12.2 Å². The second-order valence-electron chi connectivity index (χ2n) is 6.00. The summed E-state index contributed by atoms with van der Waals surface area (Å²) in [4.78, 5) is 24.9. The summed E-state index contributed by atoms with van der Waals surface area (Å²) in [5.74, 6) is 0. The van der Waals surface area contributed by atoms with Crippen molar-refractivity contribution >= 4 is 12.2 Å². The molecule has 2 atom stereocenters. The fourth-order valence-corrected chi connectivity index (χ4v) is 2.48. The predicted octanol–water partition coefficient (Wildman–Crippen LogP) is 1.85. The molecule has 0 radical (unpaired) electrons. The molecule has 0 spiro atoms. The highest BCUT2D eigenvalue weighted by Crippen LogP contribution is 2.12. The molecule has 0 saturated carbocycles. The van der Waals surface area contributed by atoms with Gasteiger partial charge < -0.3 is 29.1 Å². The van der Waals surface area contributed by atoms with Gasteiger partial charge in [-0.15, -0.1) is 0 Å². The first-order valence-electron chi connectivity index (χ1n) is 9.15. The average molecular weight is 360 g/mol. The Kier molecular flexibility index (Phi) is 10.3. The third kappa shape index (κ3) is 7.48. The minimum atomic E-state index is -0.318. The number of hydrogen-bond acceptors (Lipinski definition) is 6. The molecule has 3 fully saturated rings. The van der Waals surface area contributed by atoms with Crippen LogP contribution in [-0.4, -0.2) is 85.3 Å². The van der Waals surface area contributed by atoms with E-state index in [2.05, 4.69) is 0 Å². The molecule has 0 unspecified atom stereocenters. The zero-order chi connectivity index (χ0) is 18.7. The zero-order valence-corrected chi connectivity index (χ0v) is 15.6. The number of cyclic esters (lactones) is 2. The maximum Gasteiger partial charge on any atom is 0.410 e. The van der Waals surface area contributed by atoms with Crippen LogP contribution in [0.1, 0.15) is 40.0 Å². The van der Waals surface area contributed by atoms with Gasteiger partial charge in [0.25, 0.3) is 0 Å². The molecule has 0 bridgehead atoms. The van der Waals surface area contributed by atoms with Crippen LogP contribution in [0, 0.1) is 0 Å². The van der Waals surface area contributed by atoms with Crippen LogP contribution in [0.2, 0.25) is 0 Å². The van der Waals surface area contributed by atoms with Gasteiger partial charge in [0.2, 0.25) is 0 Å². The van der Waals surface area contributed by atoms with Crippen LogP contribution in [0.5, 0.6) is 0 Å². The van der Waals surface area contributed by atoms with Gasteiger partial charge in [0.05, 0.1) is 19.7 Å². The van der Waals surface area contributed by atoms with Crippen LogP contribution in [0.4, 0.5) is 9.59 Å². The van der Waals surface area contributed by atoms with Crippen molar-refractivity contribution in [3.05, 3.63) is 0 Å². The summed E-state index contributed by atoms with van der Waals surface area (Å²) in [5.41, 5.74) is 0. The van der Waals surface area contributed by atoms with Crippen LogP contribution >= 0.6 is 0 Å². The van der Waals surface area contributed by atoms with Crippen molar-refractivity contribution in [1.82, 2.24) is 9.80 Å². The molecule has 2 amide bonds. The average Bonchev–Trinajstić information content (AvgIpc) is 3.36. The highest BCUT2D eigenvalue weighted by atomic mass is 16.6. The van der Waals surface area contributed by atoms with Crippen LogP contribution in [0.25, 0.3) is 0 Å². The molecule has 0 aromatic heterocycles. The monoisotopic (exact) mass is 360 g/mol. The smallest absolute Gasteiger partial charge is 0.410 e. The number of ether oxygens (including phenoxy) is 3. The Morgan fingerprint density at radius 1 is 0.920 bits per heavy atom. The summed E-state index contributed by atoms with van der Waals surface area (Å²) < 4.78 is 14.7. The number of aliphatic hydroxyl groups is 1. The lowest BCUT2D eigenvalue weighted by Crippen LogP contribution is -2.25. The number of hydrogen-bond donors (Lipinski definition) is 1. The van der Waals surface area contributed by atoms with Crippen molar-refractivity contribution in [3.63, 3.8) is 0 Å². The van der Waals surface area contributed by atoms with Crippen molar-refractivity contribution in [2.24, 2.45) is 0 Å². The number of amides is 2. The van der Waals surface area contributed by atoms with Gasteiger partial charge in [-0.2, -0.15) is 0 Å². The Morgan fingerprint density at radius 2 is 1.40 bits per heavy atom. The fraction of sp³-hybridized carbons (Fsp3) is 0.882. The molecule has 3 aliphatic rings. The summed E-state index contributed by atoms with van der Waals surface area (Å²) in [6.07, 6.45) is 2.82. The molecule has 1 N–H and O–H groups in total. The molecule has 0 aromatic rings. The van der Waals surface area contributed by atoms with Crippen LogP contribution < -0.4 is 0 Å². The largest absolute Gasteiger partial charge is 0.444 e. The SMILES string of the molecule is C1CCOC1.CCN1C[C@@H](CO)OC1=O.CC[C@@H]1CN(CC)C(=O)O1. The first kappa shape index (κ1) is 21.5. The second-order valence-corrected chi connectivity index (χ2v) is 6.00. The maximum absolute atomic E-state index is 10.9. The van der Waals surface area contributed by atoms with E-state index in [1.807, 2.05) is 20.8 Å². The molecule has 0 aromatic carbocycles. The van der Waals surface area contributed by atoms with Crippen molar-refractivity contribution in [2.45, 2.75) is 52.2 Å². The first-order valence-corrected chi connectivity index (χ1v) is 9.15.